The molecular weight excluding hydrogens is 376 g/mol. The fourth-order valence-corrected chi connectivity index (χ4v) is 3.51. The second-order valence-corrected chi connectivity index (χ2v) is 7.26. The Labute approximate surface area is 177 Å². The van der Waals surface area contributed by atoms with E-state index in [1.54, 1.807) is 6.92 Å². The topological polar surface area (TPSA) is 60.3 Å². The van der Waals surface area contributed by atoms with Gasteiger partial charge < -0.3 is 14.6 Å². The molecule has 2 aromatic carbocycles. The highest BCUT2D eigenvalue weighted by molar-refractivity contribution is 5.95. The Morgan fingerprint density at radius 1 is 1.00 bits per heavy atom. The van der Waals surface area contributed by atoms with Crippen molar-refractivity contribution in [2.24, 2.45) is 0 Å². The Balaban J connectivity index is 1.96. The van der Waals surface area contributed by atoms with Crippen molar-refractivity contribution >= 4 is 17.6 Å². The second kappa shape index (κ2) is 9.44. The van der Waals surface area contributed by atoms with Crippen LogP contribution in [0, 0.1) is 13.8 Å². The zero-order valence-electron chi connectivity index (χ0n) is 18.0. The third-order valence-electron chi connectivity index (χ3n) is 5.18. The fourth-order valence-electron chi connectivity index (χ4n) is 3.51. The predicted octanol–water partition coefficient (Wildman–Crippen LogP) is 5.15. The number of aryl methyl sites for hydroxylation is 2. The first-order valence-corrected chi connectivity index (χ1v) is 10.3. The summed E-state index contributed by atoms with van der Waals surface area (Å²) in [6.45, 7) is 8.12. The molecule has 0 atom stereocenters. The van der Waals surface area contributed by atoms with E-state index in [2.05, 4.69) is 12.2 Å². The van der Waals surface area contributed by atoms with Gasteiger partial charge in [0.25, 0.3) is 0 Å². The number of rotatable bonds is 7. The van der Waals surface area contributed by atoms with Crippen molar-refractivity contribution < 1.29 is 14.3 Å². The molecule has 0 aliphatic carbocycles. The highest BCUT2D eigenvalue weighted by Crippen LogP contribution is 2.27. The molecule has 0 fully saturated rings. The Kier molecular flexibility index (Phi) is 6.72. The van der Waals surface area contributed by atoms with Crippen LogP contribution in [0.4, 0.5) is 5.69 Å². The first-order valence-electron chi connectivity index (χ1n) is 10.3. The van der Waals surface area contributed by atoms with Crippen LogP contribution in [0.25, 0.3) is 11.3 Å². The first-order chi connectivity index (χ1) is 14.4. The van der Waals surface area contributed by atoms with Crippen LogP contribution in [-0.4, -0.2) is 23.1 Å². The lowest BCUT2D eigenvalue weighted by Gasteiger charge is -2.14. The zero-order valence-corrected chi connectivity index (χ0v) is 18.0. The summed E-state index contributed by atoms with van der Waals surface area (Å²) in [5, 5.41) is 3.01. The number of anilines is 1. The van der Waals surface area contributed by atoms with Gasteiger partial charge >= 0.3 is 5.97 Å². The molecule has 156 valence electrons. The Morgan fingerprint density at radius 3 is 2.37 bits per heavy atom. The highest BCUT2D eigenvalue weighted by atomic mass is 16.5. The molecule has 0 saturated carbocycles. The van der Waals surface area contributed by atoms with Crippen molar-refractivity contribution in [1.82, 2.24) is 4.57 Å². The number of aromatic nitrogens is 1. The molecule has 3 aromatic rings. The van der Waals surface area contributed by atoms with Crippen molar-refractivity contribution in [1.29, 1.82) is 0 Å². The average Bonchev–Trinajstić information content (AvgIpc) is 3.05. The van der Waals surface area contributed by atoms with Gasteiger partial charge in [0.2, 0.25) is 5.91 Å². The third-order valence-corrected chi connectivity index (χ3v) is 5.18. The van der Waals surface area contributed by atoms with E-state index < -0.39 is 0 Å². The number of ether oxygens (including phenoxy) is 1. The van der Waals surface area contributed by atoms with Crippen molar-refractivity contribution in [2.45, 2.75) is 40.7 Å². The predicted molar refractivity (Wildman–Crippen MR) is 120 cm³/mol. The summed E-state index contributed by atoms with van der Waals surface area (Å²) in [5.41, 5.74) is 6.00. The van der Waals surface area contributed by atoms with E-state index in [-0.39, 0.29) is 18.4 Å². The maximum Gasteiger partial charge on any atom is 0.339 e. The normalized spacial score (nSPS) is 10.7. The zero-order chi connectivity index (χ0) is 21.7. The molecule has 5 nitrogen and oxygen atoms in total. The van der Waals surface area contributed by atoms with Crippen LogP contribution >= 0.6 is 0 Å². The highest BCUT2D eigenvalue weighted by Gasteiger charge is 2.21. The standard InChI is InChI=1S/C25H28N2O3/c1-5-19-9-7-8-10-22(19)26-24(28)16-27-18(4)21(25(29)30-6-2)15-23(27)20-13-11-17(3)12-14-20/h7-15H,5-6,16H2,1-4H3,(H,26,28). The van der Waals surface area contributed by atoms with Gasteiger partial charge in [-0.3, -0.25) is 4.79 Å². The number of carbonyl (C=O) groups excluding carboxylic acids is 2. The minimum absolute atomic E-state index is 0.104. The van der Waals surface area contributed by atoms with Crippen LogP contribution in [-0.2, 0) is 22.5 Å². The van der Waals surface area contributed by atoms with Gasteiger partial charge in [-0.2, -0.15) is 0 Å². The van der Waals surface area contributed by atoms with E-state index in [1.807, 2.05) is 73.0 Å². The number of para-hydroxylation sites is 1. The van der Waals surface area contributed by atoms with Gasteiger partial charge in [0, 0.05) is 17.1 Å². The maximum absolute atomic E-state index is 12.9. The summed E-state index contributed by atoms with van der Waals surface area (Å²) in [7, 11) is 0. The largest absolute Gasteiger partial charge is 0.462 e. The lowest BCUT2D eigenvalue weighted by atomic mass is 10.1. The molecule has 0 saturated heterocycles. The third kappa shape index (κ3) is 4.62. The SMILES string of the molecule is CCOC(=O)c1cc(-c2ccc(C)cc2)n(CC(=O)Nc2ccccc2CC)c1C. The van der Waals surface area contributed by atoms with Gasteiger partial charge in [0.1, 0.15) is 6.54 Å². The minimum atomic E-state index is -0.376. The fraction of sp³-hybridized carbons (Fsp3) is 0.280. The molecule has 0 aliphatic rings. The van der Waals surface area contributed by atoms with Crippen molar-refractivity contribution in [3.05, 3.63) is 77.0 Å². The van der Waals surface area contributed by atoms with E-state index in [9.17, 15) is 9.59 Å². The molecule has 30 heavy (non-hydrogen) atoms. The van der Waals surface area contributed by atoms with Gasteiger partial charge in [-0.1, -0.05) is 55.0 Å². The Bertz CT molecular complexity index is 1050. The molecule has 3 rings (SSSR count). The van der Waals surface area contributed by atoms with Crippen LogP contribution < -0.4 is 5.32 Å². The van der Waals surface area contributed by atoms with E-state index in [1.165, 1.54) is 0 Å². The van der Waals surface area contributed by atoms with E-state index in [0.29, 0.717) is 17.9 Å². The van der Waals surface area contributed by atoms with Gasteiger partial charge in [-0.05, 0) is 50.5 Å². The molecule has 0 bridgehead atoms. The molecule has 0 radical (unpaired) electrons. The number of hydrogen-bond acceptors (Lipinski definition) is 3. The second-order valence-electron chi connectivity index (χ2n) is 7.26. The van der Waals surface area contributed by atoms with Gasteiger partial charge in [0.05, 0.1) is 12.2 Å². The van der Waals surface area contributed by atoms with Crippen molar-refractivity contribution in [3.63, 3.8) is 0 Å². The number of esters is 1. The number of nitrogens with zero attached hydrogens (tertiary/aromatic N) is 1. The molecular formula is C25H28N2O3. The quantitative estimate of drug-likeness (QED) is 0.554. The molecule has 0 aliphatic heterocycles. The van der Waals surface area contributed by atoms with Crippen LogP contribution in [0.2, 0.25) is 0 Å². The van der Waals surface area contributed by atoms with Gasteiger partial charge in [-0.15, -0.1) is 0 Å². The van der Waals surface area contributed by atoms with Crippen molar-refractivity contribution in [2.75, 3.05) is 11.9 Å². The number of amides is 1. The van der Waals surface area contributed by atoms with Crippen LogP contribution in [0.1, 0.15) is 41.0 Å². The summed E-state index contributed by atoms with van der Waals surface area (Å²) in [6, 6.07) is 17.6. The molecule has 1 N–H and O–H groups in total. The van der Waals surface area contributed by atoms with E-state index >= 15 is 0 Å². The summed E-state index contributed by atoms with van der Waals surface area (Å²) < 4.78 is 7.09. The average molecular weight is 405 g/mol. The first kappa shape index (κ1) is 21.4. The van der Waals surface area contributed by atoms with Gasteiger partial charge in [0.15, 0.2) is 0 Å². The monoisotopic (exact) mass is 404 g/mol. The summed E-state index contributed by atoms with van der Waals surface area (Å²) in [6.07, 6.45) is 0.834. The minimum Gasteiger partial charge on any atom is -0.462 e. The Hall–Kier alpha value is -3.34. The van der Waals surface area contributed by atoms with Crippen LogP contribution in [0.15, 0.2) is 54.6 Å². The molecule has 0 spiro atoms. The van der Waals surface area contributed by atoms with Gasteiger partial charge in [-0.25, -0.2) is 4.79 Å². The van der Waals surface area contributed by atoms with Crippen LogP contribution in [0.3, 0.4) is 0 Å². The number of carbonyl (C=O) groups is 2. The molecule has 5 heteroatoms. The van der Waals surface area contributed by atoms with Crippen LogP contribution in [0.5, 0.6) is 0 Å². The van der Waals surface area contributed by atoms with E-state index in [4.69, 9.17) is 4.74 Å². The number of nitrogens with one attached hydrogen (secondary N) is 1. The Morgan fingerprint density at radius 2 is 1.70 bits per heavy atom. The van der Waals surface area contributed by atoms with Crippen molar-refractivity contribution in [3.8, 4) is 11.3 Å². The summed E-state index contributed by atoms with van der Waals surface area (Å²) >= 11 is 0. The number of hydrogen-bond donors (Lipinski definition) is 1. The summed E-state index contributed by atoms with van der Waals surface area (Å²) in [5.74, 6) is -0.516. The summed E-state index contributed by atoms with van der Waals surface area (Å²) in [4.78, 5) is 25.3. The lowest BCUT2D eigenvalue weighted by molar-refractivity contribution is -0.116. The lowest BCUT2D eigenvalue weighted by Crippen LogP contribution is -2.21. The number of benzene rings is 2. The molecule has 1 aromatic heterocycles. The smallest absolute Gasteiger partial charge is 0.339 e. The van der Waals surface area contributed by atoms with E-state index in [0.717, 1.165) is 34.5 Å². The maximum atomic E-state index is 12.9. The molecule has 0 unspecified atom stereocenters. The molecule has 1 heterocycles. The molecule has 1 amide bonds.